The molecule has 1 N–H and O–H groups in total. The number of pyridine rings is 1. The van der Waals surface area contributed by atoms with Crippen LogP contribution in [0.2, 0.25) is 0 Å². The van der Waals surface area contributed by atoms with Crippen molar-refractivity contribution in [3.05, 3.63) is 30.1 Å². The average molecular weight is 320 g/mol. The second-order valence-electron chi connectivity index (χ2n) is 7.07. The Hall–Kier alpha value is -1.05. The topological polar surface area (TPSA) is 64.1 Å². The first-order valence-corrected chi connectivity index (χ1v) is 8.37. The summed E-state index contributed by atoms with van der Waals surface area (Å²) in [5.74, 6) is -0.686. The molecule has 23 heavy (non-hydrogen) atoms. The van der Waals surface area contributed by atoms with Crippen LogP contribution in [0.3, 0.4) is 0 Å². The van der Waals surface area contributed by atoms with Gasteiger partial charge in [0.2, 0.25) is 0 Å². The molecule has 0 bridgehead atoms. The van der Waals surface area contributed by atoms with Crippen molar-refractivity contribution in [1.29, 1.82) is 0 Å². The third-order valence-corrected chi connectivity index (χ3v) is 4.98. The first-order chi connectivity index (χ1) is 11.0. The van der Waals surface area contributed by atoms with Crippen LogP contribution < -0.4 is 0 Å². The van der Waals surface area contributed by atoms with E-state index in [1.54, 1.807) is 0 Å². The van der Waals surface area contributed by atoms with Crippen LogP contribution in [0.15, 0.2) is 24.5 Å². The summed E-state index contributed by atoms with van der Waals surface area (Å²) in [7, 11) is 0. The Morgan fingerprint density at radius 3 is 2.83 bits per heavy atom. The second kappa shape index (κ2) is 5.79. The highest BCUT2D eigenvalue weighted by atomic mass is 16.8. The molecule has 0 radical (unpaired) electrons. The molecule has 3 saturated heterocycles. The van der Waals surface area contributed by atoms with Crippen molar-refractivity contribution < 1.29 is 19.3 Å². The van der Waals surface area contributed by atoms with Gasteiger partial charge in [-0.05, 0) is 50.9 Å². The van der Waals surface area contributed by atoms with Gasteiger partial charge < -0.3 is 19.3 Å². The van der Waals surface area contributed by atoms with Crippen molar-refractivity contribution >= 4 is 0 Å². The normalized spacial score (nSPS) is 39.7. The quantitative estimate of drug-likeness (QED) is 0.909. The number of aliphatic hydroxyl groups is 1. The van der Waals surface area contributed by atoms with Crippen LogP contribution in [0.25, 0.3) is 0 Å². The minimum Gasteiger partial charge on any atom is -0.387 e. The molecule has 3 aliphatic rings. The monoisotopic (exact) mass is 320 g/mol. The zero-order valence-electron chi connectivity index (χ0n) is 13.6. The van der Waals surface area contributed by atoms with Crippen LogP contribution in [0, 0.1) is 0 Å². The van der Waals surface area contributed by atoms with Crippen molar-refractivity contribution in [3.63, 3.8) is 0 Å². The van der Waals surface area contributed by atoms with Gasteiger partial charge in [0, 0.05) is 25.0 Å². The molecular formula is C17H24N2O4. The number of nitrogens with zero attached hydrogens (tertiary/aromatic N) is 2. The van der Waals surface area contributed by atoms with E-state index >= 15 is 0 Å². The predicted molar refractivity (Wildman–Crippen MR) is 82.5 cm³/mol. The molecule has 126 valence electrons. The standard InChI is InChI=1S/C17H24N2O4/c1-17(2)22-15-14(20)13(21-16(15)23-17)10-19-9-3-4-12(19)11-5-7-18-8-6-11/h5-8,12-16,20H,3-4,9-10H2,1-2H3/t12-,13+,14+,15?,16+/m0/s1. The fourth-order valence-electron chi connectivity index (χ4n) is 3.95. The Morgan fingerprint density at radius 1 is 1.30 bits per heavy atom. The molecule has 6 nitrogen and oxygen atoms in total. The molecule has 3 fully saturated rings. The van der Waals surface area contributed by atoms with Crippen molar-refractivity contribution in [2.75, 3.05) is 13.1 Å². The molecule has 4 heterocycles. The van der Waals surface area contributed by atoms with Gasteiger partial charge in [0.25, 0.3) is 0 Å². The van der Waals surface area contributed by atoms with Crippen molar-refractivity contribution in [2.24, 2.45) is 0 Å². The maximum atomic E-state index is 10.5. The zero-order valence-corrected chi connectivity index (χ0v) is 13.6. The summed E-state index contributed by atoms with van der Waals surface area (Å²) in [6.07, 6.45) is 4.16. The van der Waals surface area contributed by atoms with Crippen LogP contribution in [0.1, 0.15) is 38.3 Å². The van der Waals surface area contributed by atoms with E-state index in [9.17, 15) is 5.11 Å². The Kier molecular flexibility index (Phi) is 3.90. The van der Waals surface area contributed by atoms with Gasteiger partial charge in [0.05, 0.1) is 0 Å². The molecule has 0 aromatic carbocycles. The number of aromatic nitrogens is 1. The molecule has 0 aliphatic carbocycles. The van der Waals surface area contributed by atoms with Crippen molar-refractivity contribution in [3.8, 4) is 0 Å². The first-order valence-electron chi connectivity index (χ1n) is 8.37. The van der Waals surface area contributed by atoms with E-state index in [1.165, 1.54) is 5.56 Å². The number of ether oxygens (including phenoxy) is 3. The van der Waals surface area contributed by atoms with Gasteiger partial charge in [-0.1, -0.05) is 0 Å². The minimum atomic E-state index is -0.686. The van der Waals surface area contributed by atoms with Crippen LogP contribution in [0.5, 0.6) is 0 Å². The Morgan fingerprint density at radius 2 is 2.09 bits per heavy atom. The van der Waals surface area contributed by atoms with Gasteiger partial charge in [0.15, 0.2) is 12.1 Å². The number of rotatable bonds is 3. The van der Waals surface area contributed by atoms with Gasteiger partial charge in [-0.3, -0.25) is 9.88 Å². The zero-order chi connectivity index (χ0) is 16.0. The number of hydrogen-bond acceptors (Lipinski definition) is 6. The highest BCUT2D eigenvalue weighted by molar-refractivity contribution is 5.16. The molecule has 3 aliphatic heterocycles. The molecule has 1 aromatic rings. The SMILES string of the molecule is CC1(C)OC2[C@H](O[C@H](CN3CCC[C@H]3c3ccncc3)[C@H]2O)O1. The molecule has 1 unspecified atom stereocenters. The van der Waals surface area contributed by atoms with Crippen molar-refractivity contribution in [2.45, 2.75) is 63.1 Å². The summed E-state index contributed by atoms with van der Waals surface area (Å²) < 4.78 is 17.4. The Labute approximate surface area is 136 Å². The fourth-order valence-corrected chi connectivity index (χ4v) is 3.95. The maximum absolute atomic E-state index is 10.5. The second-order valence-corrected chi connectivity index (χ2v) is 7.07. The van der Waals surface area contributed by atoms with Gasteiger partial charge in [-0.25, -0.2) is 0 Å². The largest absolute Gasteiger partial charge is 0.387 e. The Balaban J connectivity index is 1.43. The molecule has 0 spiro atoms. The fraction of sp³-hybridized carbons (Fsp3) is 0.706. The lowest BCUT2D eigenvalue weighted by atomic mass is 10.1. The van der Waals surface area contributed by atoms with E-state index in [0.717, 1.165) is 19.4 Å². The van der Waals surface area contributed by atoms with Gasteiger partial charge >= 0.3 is 0 Å². The Bertz CT molecular complexity index is 553. The lowest BCUT2D eigenvalue weighted by Crippen LogP contribution is -2.41. The summed E-state index contributed by atoms with van der Waals surface area (Å²) in [6, 6.07) is 4.50. The molecule has 5 atom stereocenters. The first kappa shape index (κ1) is 15.5. The molecule has 4 rings (SSSR count). The van der Waals surface area contributed by atoms with E-state index in [0.29, 0.717) is 12.6 Å². The predicted octanol–water partition coefficient (Wildman–Crippen LogP) is 1.46. The number of hydrogen-bond donors (Lipinski definition) is 1. The summed E-state index contributed by atoms with van der Waals surface area (Å²) in [4.78, 5) is 6.48. The van der Waals surface area contributed by atoms with Crippen LogP contribution in [0.4, 0.5) is 0 Å². The summed E-state index contributed by atoms with van der Waals surface area (Å²) in [5, 5.41) is 10.5. The highest BCUT2D eigenvalue weighted by Crippen LogP contribution is 2.39. The summed E-state index contributed by atoms with van der Waals surface area (Å²) in [6.45, 7) is 5.39. The number of aliphatic hydroxyl groups excluding tert-OH is 1. The van der Waals surface area contributed by atoms with Crippen molar-refractivity contribution in [1.82, 2.24) is 9.88 Å². The number of likely N-dealkylation sites (tertiary alicyclic amines) is 1. The molecular weight excluding hydrogens is 296 g/mol. The molecule has 0 amide bonds. The number of fused-ring (bicyclic) bond motifs is 1. The van der Waals surface area contributed by atoms with Crippen LogP contribution in [-0.4, -0.2) is 58.5 Å². The van der Waals surface area contributed by atoms with E-state index in [-0.39, 0.29) is 6.10 Å². The van der Waals surface area contributed by atoms with Gasteiger partial charge in [0.1, 0.15) is 18.3 Å². The lowest BCUT2D eigenvalue weighted by Gasteiger charge is -2.29. The average Bonchev–Trinajstić information content (AvgIpc) is 3.17. The van der Waals surface area contributed by atoms with Gasteiger partial charge in [-0.15, -0.1) is 0 Å². The van der Waals surface area contributed by atoms with E-state index < -0.39 is 24.3 Å². The third kappa shape index (κ3) is 2.90. The third-order valence-electron chi connectivity index (χ3n) is 4.98. The van der Waals surface area contributed by atoms with Crippen LogP contribution in [-0.2, 0) is 14.2 Å². The lowest BCUT2D eigenvalue weighted by molar-refractivity contribution is -0.216. The molecule has 6 heteroatoms. The summed E-state index contributed by atoms with van der Waals surface area (Å²) >= 11 is 0. The van der Waals surface area contributed by atoms with E-state index in [2.05, 4.69) is 22.0 Å². The maximum Gasteiger partial charge on any atom is 0.190 e. The summed E-state index contributed by atoms with van der Waals surface area (Å²) in [5.41, 5.74) is 1.28. The van der Waals surface area contributed by atoms with E-state index in [1.807, 2.05) is 26.2 Å². The molecule has 0 saturated carbocycles. The smallest absolute Gasteiger partial charge is 0.190 e. The molecule has 1 aromatic heterocycles. The minimum absolute atomic E-state index is 0.275. The van der Waals surface area contributed by atoms with E-state index in [4.69, 9.17) is 14.2 Å². The van der Waals surface area contributed by atoms with Crippen LogP contribution >= 0.6 is 0 Å². The van der Waals surface area contributed by atoms with Gasteiger partial charge in [-0.2, -0.15) is 0 Å². The highest BCUT2D eigenvalue weighted by Gasteiger charge is 2.54.